The molecule has 0 aromatic carbocycles. The molecule has 0 aliphatic heterocycles. The van der Waals surface area contributed by atoms with Gasteiger partial charge in [-0.05, 0) is 48.1 Å². The molecule has 0 heterocycles. The summed E-state index contributed by atoms with van der Waals surface area (Å²) in [7, 11) is 9.71. The van der Waals surface area contributed by atoms with Crippen molar-refractivity contribution in [2.24, 2.45) is 0 Å². The summed E-state index contributed by atoms with van der Waals surface area (Å²) in [5.74, 6) is 0.0708. The van der Waals surface area contributed by atoms with E-state index in [1.54, 1.807) is 0 Å². The van der Waals surface area contributed by atoms with Gasteiger partial charge in [0.25, 0.3) is 0 Å². The summed E-state index contributed by atoms with van der Waals surface area (Å²) < 4.78 is 2.54. The molecule has 0 saturated heterocycles. The van der Waals surface area contributed by atoms with Crippen LogP contribution in [0.5, 0.6) is 0 Å². The van der Waals surface area contributed by atoms with Crippen LogP contribution < -0.4 is 0 Å². The summed E-state index contributed by atoms with van der Waals surface area (Å²) in [6.07, 6.45) is 2.57. The molecule has 0 N–H and O–H groups in total. The Morgan fingerprint density at radius 3 is 1.79 bits per heavy atom. The SMILES string of the molecule is CCCCN([SiH3])C(C)(N(C)C)N(C)C. The highest BCUT2D eigenvalue weighted by Gasteiger charge is 2.32. The van der Waals surface area contributed by atoms with E-state index in [4.69, 9.17) is 0 Å². The lowest BCUT2D eigenvalue weighted by atomic mass is 10.2. The first-order chi connectivity index (χ1) is 6.37. The zero-order valence-electron chi connectivity index (χ0n) is 11.0. The predicted octanol–water partition coefficient (Wildman–Crippen LogP) is 0.166. The number of unbranched alkanes of at least 4 members (excludes halogenated alkanes) is 1. The molecule has 4 heteroatoms. The van der Waals surface area contributed by atoms with Gasteiger partial charge in [-0.3, -0.25) is 9.80 Å². The molecule has 0 aliphatic rings. The van der Waals surface area contributed by atoms with Crippen LogP contribution in [0.3, 0.4) is 0 Å². The Morgan fingerprint density at radius 2 is 1.50 bits per heavy atom. The molecule has 0 aromatic rings. The van der Waals surface area contributed by atoms with Gasteiger partial charge in [0.2, 0.25) is 0 Å². The maximum absolute atomic E-state index is 2.54. The summed E-state index contributed by atoms with van der Waals surface area (Å²) in [5, 5.41) is 0. The van der Waals surface area contributed by atoms with Gasteiger partial charge in [-0.25, -0.2) is 0 Å². The van der Waals surface area contributed by atoms with Gasteiger partial charge in [0.1, 0.15) is 5.79 Å². The zero-order chi connectivity index (χ0) is 11.4. The second kappa shape index (κ2) is 5.85. The second-order valence-electron chi connectivity index (χ2n) is 4.53. The van der Waals surface area contributed by atoms with Crippen LogP contribution in [0, 0.1) is 0 Å². The van der Waals surface area contributed by atoms with Crippen LogP contribution in [0.15, 0.2) is 0 Å². The van der Waals surface area contributed by atoms with Crippen LogP contribution in [0.4, 0.5) is 0 Å². The molecule has 0 saturated carbocycles. The standard InChI is InChI=1S/C10H27N3Si/c1-7-8-9-13(14)10(2,11(3)4)12(5)6/h7-9H2,1-6,14H3. The molecule has 14 heavy (non-hydrogen) atoms. The molecule has 0 aliphatic carbocycles. The maximum Gasteiger partial charge on any atom is 0.120 e. The third-order valence-corrected chi connectivity index (χ3v) is 4.56. The highest BCUT2D eigenvalue weighted by molar-refractivity contribution is 6.04. The molecular weight excluding hydrogens is 190 g/mol. The van der Waals surface area contributed by atoms with Gasteiger partial charge in [0.15, 0.2) is 0 Å². The molecule has 0 spiro atoms. The van der Waals surface area contributed by atoms with Crippen molar-refractivity contribution in [3.8, 4) is 0 Å². The molecule has 0 atom stereocenters. The topological polar surface area (TPSA) is 9.72 Å². The molecule has 0 radical (unpaired) electrons. The lowest BCUT2D eigenvalue weighted by molar-refractivity contribution is -0.0731. The van der Waals surface area contributed by atoms with E-state index in [-0.39, 0.29) is 5.79 Å². The van der Waals surface area contributed by atoms with E-state index in [0.717, 1.165) is 10.4 Å². The highest BCUT2D eigenvalue weighted by atomic mass is 28.2. The van der Waals surface area contributed by atoms with Crippen LogP contribution in [-0.4, -0.2) is 65.3 Å². The fourth-order valence-electron chi connectivity index (χ4n) is 1.69. The summed E-state index contributed by atoms with van der Waals surface area (Å²) >= 11 is 0. The minimum absolute atomic E-state index is 0.0708. The first kappa shape index (κ1) is 14.1. The van der Waals surface area contributed by atoms with E-state index in [1.807, 2.05) is 0 Å². The highest BCUT2D eigenvalue weighted by Crippen LogP contribution is 2.18. The van der Waals surface area contributed by atoms with Gasteiger partial charge >= 0.3 is 0 Å². The monoisotopic (exact) mass is 217 g/mol. The van der Waals surface area contributed by atoms with E-state index in [2.05, 4.69) is 56.4 Å². The Bertz CT molecular complexity index is 151. The van der Waals surface area contributed by atoms with Crippen molar-refractivity contribution in [3.05, 3.63) is 0 Å². The van der Waals surface area contributed by atoms with Crippen LogP contribution in [0.2, 0.25) is 0 Å². The van der Waals surface area contributed by atoms with Gasteiger partial charge in [0, 0.05) is 0 Å². The Hall–Kier alpha value is 0.0969. The fourth-order valence-corrected chi connectivity index (χ4v) is 2.81. The van der Waals surface area contributed by atoms with E-state index in [0.29, 0.717) is 0 Å². The Balaban J connectivity index is 4.48. The van der Waals surface area contributed by atoms with Crippen molar-refractivity contribution in [2.45, 2.75) is 32.5 Å². The second-order valence-corrected chi connectivity index (χ2v) is 5.61. The van der Waals surface area contributed by atoms with E-state index >= 15 is 0 Å². The Kier molecular flexibility index (Phi) is 5.89. The summed E-state index contributed by atoms with van der Waals surface area (Å²) in [6, 6.07) is 0. The van der Waals surface area contributed by atoms with Crippen molar-refractivity contribution < 1.29 is 0 Å². The first-order valence-electron chi connectivity index (χ1n) is 5.43. The molecular formula is C10H27N3Si. The van der Waals surface area contributed by atoms with Crippen LogP contribution >= 0.6 is 0 Å². The lowest BCUT2D eigenvalue weighted by Crippen LogP contribution is -2.63. The predicted molar refractivity (Wildman–Crippen MR) is 67.3 cm³/mol. The largest absolute Gasteiger partial charge is 0.304 e. The van der Waals surface area contributed by atoms with E-state index < -0.39 is 0 Å². The third-order valence-electron chi connectivity index (χ3n) is 3.26. The zero-order valence-corrected chi connectivity index (χ0v) is 13.0. The normalized spacial score (nSPS) is 13.5. The van der Waals surface area contributed by atoms with Gasteiger partial charge < -0.3 is 4.57 Å². The van der Waals surface area contributed by atoms with E-state index in [9.17, 15) is 0 Å². The minimum Gasteiger partial charge on any atom is -0.304 e. The van der Waals surface area contributed by atoms with Gasteiger partial charge in [-0.15, -0.1) is 0 Å². The quantitative estimate of drug-likeness (QED) is 0.464. The fraction of sp³-hybridized carbons (Fsp3) is 1.00. The first-order valence-corrected chi connectivity index (χ1v) is 6.32. The van der Waals surface area contributed by atoms with Gasteiger partial charge in [-0.1, -0.05) is 13.3 Å². The van der Waals surface area contributed by atoms with E-state index in [1.165, 1.54) is 19.4 Å². The molecule has 3 nitrogen and oxygen atoms in total. The van der Waals surface area contributed by atoms with Gasteiger partial charge in [-0.2, -0.15) is 0 Å². The molecule has 0 fully saturated rings. The average molecular weight is 217 g/mol. The number of nitrogens with zero attached hydrogens (tertiary/aromatic N) is 3. The Morgan fingerprint density at radius 1 is 1.07 bits per heavy atom. The number of hydrogen-bond acceptors (Lipinski definition) is 3. The molecule has 0 bridgehead atoms. The summed E-state index contributed by atoms with van der Waals surface area (Å²) in [6.45, 7) is 5.74. The van der Waals surface area contributed by atoms with Crippen LogP contribution in [-0.2, 0) is 0 Å². The van der Waals surface area contributed by atoms with Gasteiger partial charge in [0.05, 0.1) is 10.4 Å². The smallest absolute Gasteiger partial charge is 0.120 e. The van der Waals surface area contributed by atoms with Crippen molar-refractivity contribution in [1.82, 2.24) is 14.4 Å². The molecule has 0 unspecified atom stereocenters. The van der Waals surface area contributed by atoms with Crippen LogP contribution in [0.1, 0.15) is 26.7 Å². The van der Waals surface area contributed by atoms with Crippen molar-refractivity contribution >= 4 is 10.4 Å². The molecule has 0 aromatic heterocycles. The number of hydrogen-bond donors (Lipinski definition) is 0. The number of rotatable bonds is 6. The van der Waals surface area contributed by atoms with Crippen molar-refractivity contribution in [1.29, 1.82) is 0 Å². The molecule has 86 valence electrons. The Labute approximate surface area is 92.6 Å². The third kappa shape index (κ3) is 3.05. The maximum atomic E-state index is 2.54. The van der Waals surface area contributed by atoms with Crippen molar-refractivity contribution in [2.75, 3.05) is 34.7 Å². The van der Waals surface area contributed by atoms with Crippen LogP contribution in [0.25, 0.3) is 0 Å². The minimum atomic E-state index is 0.0708. The lowest BCUT2D eigenvalue weighted by Gasteiger charge is -2.49. The summed E-state index contributed by atoms with van der Waals surface area (Å²) in [4.78, 5) is 4.57. The average Bonchev–Trinajstić information content (AvgIpc) is 2.11. The molecule has 0 rings (SSSR count). The van der Waals surface area contributed by atoms with Crippen molar-refractivity contribution in [3.63, 3.8) is 0 Å². The summed E-state index contributed by atoms with van der Waals surface area (Å²) in [5.41, 5.74) is 0. The molecule has 0 amide bonds.